The molecule has 4 N–H and O–H groups in total. The average molecular weight is 391 g/mol. The maximum Gasteiger partial charge on any atom is 0.298 e. The van der Waals surface area contributed by atoms with Crippen LogP contribution in [0.3, 0.4) is 0 Å². The van der Waals surface area contributed by atoms with Gasteiger partial charge in [-0.05, 0) is 48.6 Å². The molecule has 132 valence electrons. The van der Waals surface area contributed by atoms with Gasteiger partial charge in [0.15, 0.2) is 0 Å². The van der Waals surface area contributed by atoms with Crippen LogP contribution in [-0.4, -0.2) is 26.5 Å². The van der Waals surface area contributed by atoms with Gasteiger partial charge in [0.2, 0.25) is 10.0 Å². The predicted molar refractivity (Wildman–Crippen MR) is 90.5 cm³/mol. The van der Waals surface area contributed by atoms with E-state index in [0.29, 0.717) is 11.1 Å². The SMILES string of the molecule is Cc1ccc(S(=O)(=O)O)c(O)c1C[C@H](C)c1ccc(S(N)(=O)=O)s1. The number of hydrogen-bond donors (Lipinski definition) is 3. The third-order valence-electron chi connectivity index (χ3n) is 3.64. The number of sulfonamides is 1. The number of hydrogen-bond acceptors (Lipinski definition) is 6. The first-order valence-electron chi connectivity index (χ1n) is 6.82. The summed E-state index contributed by atoms with van der Waals surface area (Å²) in [6.45, 7) is 3.53. The second-order valence-electron chi connectivity index (χ2n) is 5.49. The monoisotopic (exact) mass is 391 g/mol. The predicted octanol–water partition coefficient (Wildman–Crippen LogP) is 2.00. The average Bonchev–Trinajstić information content (AvgIpc) is 2.91. The zero-order valence-corrected chi connectivity index (χ0v) is 15.4. The van der Waals surface area contributed by atoms with Crippen LogP contribution in [-0.2, 0) is 26.6 Å². The van der Waals surface area contributed by atoms with E-state index in [4.69, 9.17) is 9.69 Å². The van der Waals surface area contributed by atoms with Crippen LogP contribution in [0, 0.1) is 6.92 Å². The summed E-state index contributed by atoms with van der Waals surface area (Å²) in [5, 5.41) is 15.3. The molecule has 0 spiro atoms. The van der Waals surface area contributed by atoms with Crippen LogP contribution < -0.4 is 5.14 Å². The van der Waals surface area contributed by atoms with Gasteiger partial charge in [-0.15, -0.1) is 11.3 Å². The molecule has 1 aromatic carbocycles. The van der Waals surface area contributed by atoms with Crippen molar-refractivity contribution in [2.45, 2.75) is 35.3 Å². The highest BCUT2D eigenvalue weighted by Gasteiger charge is 2.22. The molecule has 0 aliphatic heterocycles. The molecule has 0 radical (unpaired) electrons. The molecule has 0 saturated carbocycles. The number of nitrogens with two attached hydrogens (primary N) is 1. The van der Waals surface area contributed by atoms with Crippen LogP contribution in [0.5, 0.6) is 5.75 Å². The van der Waals surface area contributed by atoms with Crippen molar-refractivity contribution >= 4 is 31.5 Å². The number of benzene rings is 1. The summed E-state index contributed by atoms with van der Waals surface area (Å²) >= 11 is 1.03. The molecule has 0 aliphatic rings. The topological polar surface area (TPSA) is 135 Å². The maximum absolute atomic E-state index is 11.3. The number of phenolic OH excluding ortho intramolecular Hbond substituents is 1. The van der Waals surface area contributed by atoms with E-state index in [1.165, 1.54) is 12.1 Å². The Bertz CT molecular complexity index is 976. The number of aromatic hydroxyl groups is 1. The molecule has 0 amide bonds. The Morgan fingerprint density at radius 3 is 2.29 bits per heavy atom. The molecular formula is C14H17NO6S3. The standard InChI is InChI=1S/C14H17NO6S3/c1-8-3-5-12(24(19,20)21)14(16)10(8)7-9(2)11-4-6-13(22-11)23(15,17)18/h3-6,9,16H,7H2,1-2H3,(H2,15,17,18)(H,19,20,21)/t9-/m0/s1. The van der Waals surface area contributed by atoms with Crippen molar-refractivity contribution < 1.29 is 26.5 Å². The van der Waals surface area contributed by atoms with Gasteiger partial charge in [0.1, 0.15) is 14.9 Å². The zero-order chi connectivity index (χ0) is 18.3. The summed E-state index contributed by atoms with van der Waals surface area (Å²) in [7, 11) is -8.31. The molecule has 10 heteroatoms. The summed E-state index contributed by atoms with van der Waals surface area (Å²) < 4.78 is 54.5. The lowest BCUT2D eigenvalue weighted by molar-refractivity contribution is 0.436. The molecule has 1 atom stereocenters. The highest BCUT2D eigenvalue weighted by Crippen LogP contribution is 2.35. The fourth-order valence-electron chi connectivity index (χ4n) is 2.34. The first kappa shape index (κ1) is 18.9. The fourth-order valence-corrected chi connectivity index (χ4v) is 4.75. The highest BCUT2D eigenvalue weighted by atomic mass is 32.2. The Hall–Kier alpha value is -1.46. The van der Waals surface area contributed by atoms with Crippen molar-refractivity contribution in [1.82, 2.24) is 0 Å². The zero-order valence-electron chi connectivity index (χ0n) is 12.9. The Morgan fingerprint density at radius 1 is 1.17 bits per heavy atom. The van der Waals surface area contributed by atoms with E-state index in [2.05, 4.69) is 0 Å². The summed E-state index contributed by atoms with van der Waals surface area (Å²) in [5.41, 5.74) is 1.04. The molecule has 0 aliphatic carbocycles. The lowest BCUT2D eigenvalue weighted by Gasteiger charge is -2.15. The van der Waals surface area contributed by atoms with E-state index < -0.39 is 30.8 Å². The number of aryl methyl sites for hydroxylation is 1. The van der Waals surface area contributed by atoms with E-state index in [1.54, 1.807) is 13.0 Å². The summed E-state index contributed by atoms with van der Waals surface area (Å²) in [6.07, 6.45) is 0.269. The Kier molecular flexibility index (Phi) is 5.07. The van der Waals surface area contributed by atoms with Crippen LogP contribution >= 0.6 is 11.3 Å². The third kappa shape index (κ3) is 3.95. The Labute approximate surface area is 144 Å². The molecule has 0 fully saturated rings. The third-order valence-corrected chi connectivity index (χ3v) is 7.28. The second kappa shape index (κ2) is 6.45. The van der Waals surface area contributed by atoms with Gasteiger partial charge in [0.25, 0.3) is 10.1 Å². The van der Waals surface area contributed by atoms with Crippen molar-refractivity contribution in [3.05, 3.63) is 40.3 Å². The van der Waals surface area contributed by atoms with Crippen LogP contribution in [0.4, 0.5) is 0 Å². The van der Waals surface area contributed by atoms with Gasteiger partial charge in [-0.1, -0.05) is 13.0 Å². The van der Waals surface area contributed by atoms with E-state index >= 15 is 0 Å². The van der Waals surface area contributed by atoms with Gasteiger partial charge < -0.3 is 5.11 Å². The van der Waals surface area contributed by atoms with Gasteiger partial charge in [0.05, 0.1) is 0 Å². The number of primary sulfonamides is 1. The minimum Gasteiger partial charge on any atom is -0.506 e. The molecule has 24 heavy (non-hydrogen) atoms. The van der Waals surface area contributed by atoms with Crippen LogP contribution in [0.25, 0.3) is 0 Å². The van der Waals surface area contributed by atoms with Crippen molar-refractivity contribution in [2.24, 2.45) is 5.14 Å². The molecule has 2 rings (SSSR count). The lowest BCUT2D eigenvalue weighted by Crippen LogP contribution is -2.09. The number of phenols is 1. The molecule has 1 heterocycles. The molecule has 1 aromatic heterocycles. The summed E-state index contributed by atoms with van der Waals surface area (Å²) in [5.74, 6) is -0.681. The highest BCUT2D eigenvalue weighted by molar-refractivity contribution is 7.91. The largest absolute Gasteiger partial charge is 0.506 e. The smallest absolute Gasteiger partial charge is 0.298 e. The van der Waals surface area contributed by atoms with Crippen molar-refractivity contribution in [3.8, 4) is 5.75 Å². The lowest BCUT2D eigenvalue weighted by atomic mass is 9.95. The Balaban J connectivity index is 2.39. The van der Waals surface area contributed by atoms with Gasteiger partial charge in [-0.25, -0.2) is 13.6 Å². The maximum atomic E-state index is 11.3. The van der Waals surface area contributed by atoms with Gasteiger partial charge in [0, 0.05) is 4.88 Å². The minimum atomic E-state index is -4.53. The molecule has 0 unspecified atom stereocenters. The first-order valence-corrected chi connectivity index (χ1v) is 10.6. The van der Waals surface area contributed by atoms with E-state index in [9.17, 15) is 21.9 Å². The normalized spacial score (nSPS) is 13.8. The van der Waals surface area contributed by atoms with Crippen molar-refractivity contribution in [3.63, 3.8) is 0 Å². The van der Waals surface area contributed by atoms with Crippen molar-refractivity contribution in [2.75, 3.05) is 0 Å². The van der Waals surface area contributed by atoms with Crippen LogP contribution in [0.15, 0.2) is 33.4 Å². The van der Waals surface area contributed by atoms with E-state index in [0.717, 1.165) is 22.3 Å². The number of thiophene rings is 1. The molecule has 0 saturated heterocycles. The Morgan fingerprint density at radius 2 is 1.79 bits per heavy atom. The molecule has 7 nitrogen and oxygen atoms in total. The van der Waals surface area contributed by atoms with E-state index in [1.807, 2.05) is 6.92 Å². The quantitative estimate of drug-likeness (QED) is 0.667. The van der Waals surface area contributed by atoms with Gasteiger partial charge in [-0.3, -0.25) is 4.55 Å². The number of rotatable bonds is 5. The first-order chi connectivity index (χ1) is 10.9. The van der Waals surface area contributed by atoms with Crippen molar-refractivity contribution in [1.29, 1.82) is 0 Å². The summed E-state index contributed by atoms with van der Waals surface area (Å²) in [4.78, 5) is 0.182. The van der Waals surface area contributed by atoms with Crippen LogP contribution in [0.1, 0.15) is 28.8 Å². The molecular weight excluding hydrogens is 374 g/mol. The van der Waals surface area contributed by atoms with Gasteiger partial charge in [-0.2, -0.15) is 8.42 Å². The molecule has 2 aromatic rings. The summed E-state index contributed by atoms with van der Waals surface area (Å²) in [6, 6.07) is 5.68. The second-order valence-corrected chi connectivity index (χ2v) is 9.78. The minimum absolute atomic E-state index is 0.0389. The van der Waals surface area contributed by atoms with E-state index in [-0.39, 0.29) is 16.5 Å². The van der Waals surface area contributed by atoms with Crippen LogP contribution in [0.2, 0.25) is 0 Å². The molecule has 0 bridgehead atoms. The van der Waals surface area contributed by atoms with Gasteiger partial charge >= 0.3 is 0 Å². The fraction of sp³-hybridized carbons (Fsp3) is 0.286.